The molecule has 0 spiro atoms. The van der Waals surface area contributed by atoms with Gasteiger partial charge >= 0.3 is 6.03 Å². The number of hydrogen-bond donors (Lipinski definition) is 2. The molecule has 1 saturated carbocycles. The lowest BCUT2D eigenvalue weighted by Crippen LogP contribution is -2.45. The molecule has 0 saturated heterocycles. The molecule has 0 bridgehead atoms. The van der Waals surface area contributed by atoms with Crippen LogP contribution in [0.4, 0.5) is 4.79 Å². The van der Waals surface area contributed by atoms with Crippen molar-refractivity contribution in [2.24, 2.45) is 0 Å². The van der Waals surface area contributed by atoms with Crippen LogP contribution in [0.1, 0.15) is 39.0 Å². The van der Waals surface area contributed by atoms with Gasteiger partial charge in [-0.2, -0.15) is 0 Å². The number of likely N-dealkylation sites (N-methyl/N-ethyl adjacent to an activating group) is 1. The van der Waals surface area contributed by atoms with E-state index in [4.69, 9.17) is 5.11 Å². The SMILES string of the molecule is CC(O)CN(C)C(=O)NC1CCCCC1. The minimum Gasteiger partial charge on any atom is -0.392 e. The molecule has 0 aromatic rings. The summed E-state index contributed by atoms with van der Waals surface area (Å²) in [5, 5.41) is 12.2. The van der Waals surface area contributed by atoms with Crippen LogP contribution in [0.15, 0.2) is 0 Å². The summed E-state index contributed by atoms with van der Waals surface area (Å²) >= 11 is 0. The van der Waals surface area contributed by atoms with Crippen molar-refractivity contribution in [2.75, 3.05) is 13.6 Å². The fourth-order valence-corrected chi connectivity index (χ4v) is 2.01. The molecule has 2 N–H and O–H groups in total. The van der Waals surface area contributed by atoms with E-state index in [1.165, 1.54) is 19.3 Å². The third-order valence-electron chi connectivity index (χ3n) is 2.82. The van der Waals surface area contributed by atoms with Gasteiger partial charge in [-0.15, -0.1) is 0 Å². The van der Waals surface area contributed by atoms with E-state index in [1.807, 2.05) is 0 Å². The maximum Gasteiger partial charge on any atom is 0.317 e. The summed E-state index contributed by atoms with van der Waals surface area (Å²) in [6.07, 6.45) is 5.43. The zero-order valence-corrected chi connectivity index (χ0v) is 9.70. The highest BCUT2D eigenvalue weighted by atomic mass is 16.3. The van der Waals surface area contributed by atoms with Crippen molar-refractivity contribution < 1.29 is 9.90 Å². The van der Waals surface area contributed by atoms with Crippen molar-refractivity contribution in [3.63, 3.8) is 0 Å². The van der Waals surface area contributed by atoms with Crippen molar-refractivity contribution in [2.45, 2.75) is 51.2 Å². The molecule has 4 heteroatoms. The van der Waals surface area contributed by atoms with Crippen LogP contribution in [0.3, 0.4) is 0 Å². The van der Waals surface area contributed by atoms with Gasteiger partial charge in [0.25, 0.3) is 0 Å². The van der Waals surface area contributed by atoms with Crippen LogP contribution < -0.4 is 5.32 Å². The number of amides is 2. The van der Waals surface area contributed by atoms with E-state index in [-0.39, 0.29) is 6.03 Å². The molecular formula is C11H22N2O2. The molecule has 1 aliphatic rings. The highest BCUT2D eigenvalue weighted by molar-refractivity contribution is 5.74. The molecule has 0 heterocycles. The normalized spacial score (nSPS) is 19.7. The number of rotatable bonds is 3. The van der Waals surface area contributed by atoms with Crippen molar-refractivity contribution >= 4 is 6.03 Å². The quantitative estimate of drug-likeness (QED) is 0.745. The maximum absolute atomic E-state index is 11.7. The number of aliphatic hydroxyl groups is 1. The van der Waals surface area contributed by atoms with Crippen LogP contribution in [-0.2, 0) is 0 Å². The standard InChI is InChI=1S/C11H22N2O2/c1-9(14)8-13(2)11(15)12-10-6-4-3-5-7-10/h9-10,14H,3-8H2,1-2H3,(H,12,15). The van der Waals surface area contributed by atoms with Crippen molar-refractivity contribution in [3.8, 4) is 0 Å². The summed E-state index contributed by atoms with van der Waals surface area (Å²) in [6.45, 7) is 2.07. The molecule has 0 aromatic heterocycles. The summed E-state index contributed by atoms with van der Waals surface area (Å²) < 4.78 is 0. The van der Waals surface area contributed by atoms with E-state index in [1.54, 1.807) is 18.9 Å². The van der Waals surface area contributed by atoms with Crippen LogP contribution in [0.25, 0.3) is 0 Å². The first kappa shape index (κ1) is 12.3. The Morgan fingerprint density at radius 3 is 2.60 bits per heavy atom. The summed E-state index contributed by atoms with van der Waals surface area (Å²) in [4.78, 5) is 13.2. The smallest absolute Gasteiger partial charge is 0.317 e. The Morgan fingerprint density at radius 1 is 1.47 bits per heavy atom. The topological polar surface area (TPSA) is 52.6 Å². The van der Waals surface area contributed by atoms with Crippen LogP contribution in [-0.4, -0.2) is 41.8 Å². The van der Waals surface area contributed by atoms with Crippen LogP contribution in [0.5, 0.6) is 0 Å². The first-order valence-electron chi connectivity index (χ1n) is 5.79. The predicted octanol–water partition coefficient (Wildman–Crippen LogP) is 1.34. The average molecular weight is 214 g/mol. The Labute approximate surface area is 91.6 Å². The zero-order valence-electron chi connectivity index (χ0n) is 9.70. The number of carbonyl (C=O) groups excluding carboxylic acids is 1. The van der Waals surface area contributed by atoms with Gasteiger partial charge in [0.1, 0.15) is 0 Å². The lowest BCUT2D eigenvalue weighted by Gasteiger charge is -2.26. The highest BCUT2D eigenvalue weighted by Gasteiger charge is 2.18. The summed E-state index contributed by atoms with van der Waals surface area (Å²) in [5.41, 5.74) is 0. The first-order valence-corrected chi connectivity index (χ1v) is 5.79. The van der Waals surface area contributed by atoms with Gasteiger partial charge in [0.15, 0.2) is 0 Å². The van der Waals surface area contributed by atoms with E-state index >= 15 is 0 Å². The summed E-state index contributed by atoms with van der Waals surface area (Å²) in [5.74, 6) is 0. The second-order valence-electron chi connectivity index (χ2n) is 4.51. The number of urea groups is 1. The number of hydrogen-bond acceptors (Lipinski definition) is 2. The molecule has 1 unspecified atom stereocenters. The number of nitrogens with zero attached hydrogens (tertiary/aromatic N) is 1. The minimum atomic E-state index is -0.466. The van der Waals surface area contributed by atoms with Gasteiger partial charge in [-0.25, -0.2) is 4.79 Å². The van der Waals surface area contributed by atoms with E-state index in [0.29, 0.717) is 12.6 Å². The average Bonchev–Trinajstić information content (AvgIpc) is 2.18. The monoisotopic (exact) mass is 214 g/mol. The third kappa shape index (κ3) is 4.51. The molecule has 2 amide bonds. The maximum atomic E-state index is 11.7. The molecule has 4 nitrogen and oxygen atoms in total. The van der Waals surface area contributed by atoms with E-state index in [9.17, 15) is 4.79 Å². The van der Waals surface area contributed by atoms with Gasteiger partial charge in [-0.1, -0.05) is 19.3 Å². The molecule has 1 atom stereocenters. The number of aliphatic hydroxyl groups excluding tert-OH is 1. The largest absolute Gasteiger partial charge is 0.392 e. The molecule has 1 aliphatic carbocycles. The second kappa shape index (κ2) is 5.95. The van der Waals surface area contributed by atoms with E-state index in [2.05, 4.69) is 5.32 Å². The molecule has 0 radical (unpaired) electrons. The first-order chi connectivity index (χ1) is 7.09. The molecular weight excluding hydrogens is 192 g/mol. The van der Waals surface area contributed by atoms with Gasteiger partial charge in [-0.05, 0) is 19.8 Å². The van der Waals surface area contributed by atoms with Gasteiger partial charge in [0.2, 0.25) is 0 Å². The Kier molecular flexibility index (Phi) is 4.88. The Morgan fingerprint density at radius 2 is 2.07 bits per heavy atom. The van der Waals surface area contributed by atoms with Gasteiger partial charge in [0.05, 0.1) is 6.10 Å². The Bertz CT molecular complexity index is 201. The lowest BCUT2D eigenvalue weighted by atomic mass is 9.96. The van der Waals surface area contributed by atoms with Crippen molar-refractivity contribution in [1.82, 2.24) is 10.2 Å². The minimum absolute atomic E-state index is 0.0669. The molecule has 1 fully saturated rings. The van der Waals surface area contributed by atoms with Crippen LogP contribution in [0, 0.1) is 0 Å². The zero-order chi connectivity index (χ0) is 11.3. The summed E-state index contributed by atoms with van der Waals surface area (Å²) in [7, 11) is 1.71. The lowest BCUT2D eigenvalue weighted by molar-refractivity contribution is 0.141. The third-order valence-corrected chi connectivity index (χ3v) is 2.82. The van der Waals surface area contributed by atoms with Crippen molar-refractivity contribution in [1.29, 1.82) is 0 Å². The van der Waals surface area contributed by atoms with Gasteiger partial charge in [-0.3, -0.25) is 0 Å². The fraction of sp³-hybridized carbons (Fsp3) is 0.909. The molecule has 15 heavy (non-hydrogen) atoms. The number of carbonyl (C=O) groups is 1. The predicted molar refractivity (Wildman–Crippen MR) is 59.7 cm³/mol. The van der Waals surface area contributed by atoms with Gasteiger partial charge < -0.3 is 15.3 Å². The van der Waals surface area contributed by atoms with Crippen LogP contribution >= 0.6 is 0 Å². The second-order valence-corrected chi connectivity index (χ2v) is 4.51. The van der Waals surface area contributed by atoms with Crippen LogP contribution in [0.2, 0.25) is 0 Å². The van der Waals surface area contributed by atoms with E-state index in [0.717, 1.165) is 12.8 Å². The van der Waals surface area contributed by atoms with Crippen molar-refractivity contribution in [3.05, 3.63) is 0 Å². The highest BCUT2D eigenvalue weighted by Crippen LogP contribution is 2.17. The van der Waals surface area contributed by atoms with E-state index < -0.39 is 6.10 Å². The molecule has 0 aliphatic heterocycles. The molecule has 88 valence electrons. The van der Waals surface area contributed by atoms with Gasteiger partial charge in [0, 0.05) is 19.6 Å². The molecule has 0 aromatic carbocycles. The fourth-order valence-electron chi connectivity index (χ4n) is 2.01. The Hall–Kier alpha value is -0.770. The number of nitrogens with one attached hydrogen (secondary N) is 1. The molecule has 1 rings (SSSR count). The summed E-state index contributed by atoms with van der Waals surface area (Å²) in [6, 6.07) is 0.269. The Balaban J connectivity index is 2.27.